The van der Waals surface area contributed by atoms with Gasteiger partial charge in [0, 0.05) is 27.7 Å². The van der Waals surface area contributed by atoms with Gasteiger partial charge in [0.2, 0.25) is 0 Å². The molecule has 2 aromatic rings. The van der Waals surface area contributed by atoms with Crippen molar-refractivity contribution in [3.8, 4) is 0 Å². The van der Waals surface area contributed by atoms with Gasteiger partial charge in [-0.1, -0.05) is 23.9 Å². The molecular formula is C12H6Br4S. The number of benzene rings is 2. The largest absolute Gasteiger partial charge is 0.0853 e. The molecule has 0 unspecified atom stereocenters. The molecule has 0 fully saturated rings. The lowest BCUT2D eigenvalue weighted by molar-refractivity contribution is 1.30. The molecule has 0 heterocycles. The van der Waals surface area contributed by atoms with Crippen molar-refractivity contribution in [3.63, 3.8) is 0 Å². The van der Waals surface area contributed by atoms with Crippen LogP contribution >= 0.6 is 75.5 Å². The topological polar surface area (TPSA) is 0 Å². The van der Waals surface area contributed by atoms with Crippen LogP contribution in [0.15, 0.2) is 64.1 Å². The fourth-order valence-electron chi connectivity index (χ4n) is 1.26. The second-order valence-corrected chi connectivity index (χ2v) is 7.64. The first-order valence-electron chi connectivity index (χ1n) is 4.65. The normalized spacial score (nSPS) is 10.6. The Balaban J connectivity index is 2.45. The molecule has 0 radical (unpaired) electrons. The van der Waals surface area contributed by atoms with E-state index in [0.29, 0.717) is 0 Å². The predicted molar refractivity (Wildman–Crippen MR) is 87.8 cm³/mol. The molecule has 0 aromatic heterocycles. The summed E-state index contributed by atoms with van der Waals surface area (Å²) >= 11 is 16.0. The van der Waals surface area contributed by atoms with Crippen molar-refractivity contribution < 1.29 is 0 Å². The summed E-state index contributed by atoms with van der Waals surface area (Å²) in [6.45, 7) is 0. The fourth-order valence-corrected chi connectivity index (χ4v) is 5.10. The Kier molecular flexibility index (Phi) is 5.18. The Morgan fingerprint density at radius 3 is 1.18 bits per heavy atom. The number of halogens is 4. The Bertz CT molecular complexity index is 464. The molecule has 5 heteroatoms. The summed E-state index contributed by atoms with van der Waals surface area (Å²) in [6, 6.07) is 12.2. The molecule has 0 aliphatic rings. The summed E-state index contributed by atoms with van der Waals surface area (Å²) in [4.78, 5) is 2.33. The zero-order chi connectivity index (χ0) is 12.4. The maximum absolute atomic E-state index is 3.57. The minimum atomic E-state index is 1.08. The molecule has 0 aliphatic carbocycles. The van der Waals surface area contributed by atoms with Crippen LogP contribution in [-0.2, 0) is 0 Å². The third-order valence-electron chi connectivity index (χ3n) is 2.04. The van der Waals surface area contributed by atoms with E-state index in [9.17, 15) is 0 Å². The molecule has 0 N–H and O–H groups in total. The summed E-state index contributed by atoms with van der Waals surface area (Å²) in [5, 5.41) is 0. The third kappa shape index (κ3) is 3.38. The van der Waals surface area contributed by atoms with Gasteiger partial charge in [-0.05, 0) is 88.0 Å². The van der Waals surface area contributed by atoms with Gasteiger partial charge in [0.15, 0.2) is 0 Å². The van der Waals surface area contributed by atoms with Gasteiger partial charge in [-0.15, -0.1) is 0 Å². The predicted octanol–water partition coefficient (Wildman–Crippen LogP) is 6.89. The van der Waals surface area contributed by atoms with E-state index in [1.807, 2.05) is 36.4 Å². The van der Waals surface area contributed by atoms with Gasteiger partial charge in [0.05, 0.1) is 0 Å². The SMILES string of the molecule is Brc1cccc(Br)c1Sc1c(Br)cccc1Br. The van der Waals surface area contributed by atoms with E-state index in [0.717, 1.165) is 17.9 Å². The maximum Gasteiger partial charge on any atom is 0.0407 e. The molecule has 17 heavy (non-hydrogen) atoms. The minimum absolute atomic E-state index is 1.08. The fraction of sp³-hybridized carbons (Fsp3) is 0. The maximum atomic E-state index is 3.57. The third-order valence-corrected chi connectivity index (χ3v) is 7.02. The molecule has 88 valence electrons. The zero-order valence-electron chi connectivity index (χ0n) is 8.38. The van der Waals surface area contributed by atoms with E-state index in [1.165, 1.54) is 9.79 Å². The van der Waals surface area contributed by atoms with Crippen molar-refractivity contribution in [1.82, 2.24) is 0 Å². The summed E-state index contributed by atoms with van der Waals surface area (Å²) in [5.41, 5.74) is 0. The first kappa shape index (κ1) is 14.1. The number of hydrogen-bond donors (Lipinski definition) is 0. The molecule has 0 bridgehead atoms. The van der Waals surface area contributed by atoms with Crippen molar-refractivity contribution in [2.45, 2.75) is 9.79 Å². The highest BCUT2D eigenvalue weighted by Crippen LogP contribution is 2.44. The Morgan fingerprint density at radius 1 is 0.588 bits per heavy atom. The van der Waals surface area contributed by atoms with E-state index in [4.69, 9.17) is 0 Å². The quantitative estimate of drug-likeness (QED) is 0.432. The first-order valence-corrected chi connectivity index (χ1v) is 8.64. The van der Waals surface area contributed by atoms with E-state index >= 15 is 0 Å². The Hall–Kier alpha value is 0.710. The second kappa shape index (κ2) is 6.24. The lowest BCUT2D eigenvalue weighted by Crippen LogP contribution is -1.81. The Morgan fingerprint density at radius 2 is 0.882 bits per heavy atom. The summed E-state index contributed by atoms with van der Waals surface area (Å²) < 4.78 is 4.33. The van der Waals surface area contributed by atoms with Gasteiger partial charge in [-0.3, -0.25) is 0 Å². The van der Waals surface area contributed by atoms with Crippen LogP contribution in [-0.4, -0.2) is 0 Å². The first-order chi connectivity index (χ1) is 8.09. The van der Waals surface area contributed by atoms with Crippen LogP contribution in [0.2, 0.25) is 0 Å². The van der Waals surface area contributed by atoms with Crippen molar-refractivity contribution in [2.24, 2.45) is 0 Å². The average molecular weight is 502 g/mol. The highest BCUT2D eigenvalue weighted by Gasteiger charge is 2.11. The molecule has 2 rings (SSSR count). The highest BCUT2D eigenvalue weighted by molar-refractivity contribution is 9.11. The molecule has 0 saturated carbocycles. The molecule has 0 saturated heterocycles. The van der Waals surface area contributed by atoms with Crippen LogP contribution in [0.4, 0.5) is 0 Å². The van der Waals surface area contributed by atoms with Crippen LogP contribution in [0, 0.1) is 0 Å². The number of hydrogen-bond acceptors (Lipinski definition) is 1. The van der Waals surface area contributed by atoms with Gasteiger partial charge in [-0.2, -0.15) is 0 Å². The van der Waals surface area contributed by atoms with E-state index in [-0.39, 0.29) is 0 Å². The Labute approximate surface area is 138 Å². The van der Waals surface area contributed by atoms with Crippen LogP contribution in [0.25, 0.3) is 0 Å². The molecule has 0 aliphatic heterocycles. The average Bonchev–Trinajstić information content (AvgIpc) is 2.27. The lowest BCUT2D eigenvalue weighted by Gasteiger charge is -2.10. The summed E-state index contributed by atoms with van der Waals surface area (Å²) in [5.74, 6) is 0. The smallest absolute Gasteiger partial charge is 0.0407 e. The molecule has 0 amide bonds. The lowest BCUT2D eigenvalue weighted by atomic mass is 10.4. The van der Waals surface area contributed by atoms with Crippen molar-refractivity contribution in [2.75, 3.05) is 0 Å². The summed E-state index contributed by atoms with van der Waals surface area (Å²) in [7, 11) is 0. The van der Waals surface area contributed by atoms with E-state index in [2.05, 4.69) is 63.7 Å². The van der Waals surface area contributed by atoms with Crippen LogP contribution in [0.5, 0.6) is 0 Å². The highest BCUT2D eigenvalue weighted by atomic mass is 79.9. The molecule has 0 atom stereocenters. The van der Waals surface area contributed by atoms with Gasteiger partial charge < -0.3 is 0 Å². The second-order valence-electron chi connectivity index (χ2n) is 3.20. The molecular weight excluding hydrogens is 496 g/mol. The van der Waals surface area contributed by atoms with Crippen LogP contribution in [0.3, 0.4) is 0 Å². The van der Waals surface area contributed by atoms with Gasteiger partial charge in [0.1, 0.15) is 0 Å². The molecule has 2 aromatic carbocycles. The van der Waals surface area contributed by atoms with Crippen LogP contribution in [0.1, 0.15) is 0 Å². The standard InChI is InChI=1S/C12H6Br4S/c13-7-3-1-4-8(14)11(7)17-12-9(15)5-2-6-10(12)16/h1-6H. The monoisotopic (exact) mass is 498 g/mol. The minimum Gasteiger partial charge on any atom is -0.0853 e. The van der Waals surface area contributed by atoms with Crippen LogP contribution < -0.4 is 0 Å². The van der Waals surface area contributed by atoms with Crippen molar-refractivity contribution in [3.05, 3.63) is 54.3 Å². The van der Waals surface area contributed by atoms with Crippen molar-refractivity contribution in [1.29, 1.82) is 0 Å². The van der Waals surface area contributed by atoms with Crippen molar-refractivity contribution >= 4 is 75.5 Å². The zero-order valence-corrected chi connectivity index (χ0v) is 15.5. The number of rotatable bonds is 2. The summed E-state index contributed by atoms with van der Waals surface area (Å²) in [6.07, 6.45) is 0. The molecule has 0 spiro atoms. The van der Waals surface area contributed by atoms with Gasteiger partial charge >= 0.3 is 0 Å². The van der Waals surface area contributed by atoms with Gasteiger partial charge in [0.25, 0.3) is 0 Å². The van der Waals surface area contributed by atoms with Gasteiger partial charge in [-0.25, -0.2) is 0 Å². The van der Waals surface area contributed by atoms with E-state index in [1.54, 1.807) is 11.8 Å². The molecule has 0 nitrogen and oxygen atoms in total. The van der Waals surface area contributed by atoms with E-state index < -0.39 is 0 Å².